The molecule has 1 aliphatic rings. The number of amides is 1. The summed E-state index contributed by atoms with van der Waals surface area (Å²) in [5, 5.41) is 10.1. The molecule has 5 heteroatoms. The van der Waals surface area contributed by atoms with Crippen molar-refractivity contribution in [2.24, 2.45) is 11.3 Å². The molecule has 1 aromatic rings. The average Bonchev–Trinajstić information content (AvgIpc) is 2.62. The molecule has 0 spiro atoms. The van der Waals surface area contributed by atoms with Crippen LogP contribution in [0, 0.1) is 18.3 Å². The van der Waals surface area contributed by atoms with Gasteiger partial charge in [-0.25, -0.2) is 0 Å². The van der Waals surface area contributed by atoms with Crippen molar-refractivity contribution in [3.8, 4) is 0 Å². The van der Waals surface area contributed by atoms with E-state index in [0.717, 1.165) is 42.7 Å². The summed E-state index contributed by atoms with van der Waals surface area (Å²) in [6.45, 7) is 11.9. The van der Waals surface area contributed by atoms with Crippen molar-refractivity contribution in [3.05, 3.63) is 29.3 Å². The summed E-state index contributed by atoms with van der Waals surface area (Å²) < 4.78 is 5.44. The fourth-order valence-corrected chi connectivity index (χ4v) is 3.45. The Kier molecular flexibility index (Phi) is 7.47. The van der Waals surface area contributed by atoms with Gasteiger partial charge in [0, 0.05) is 36.4 Å². The predicted molar refractivity (Wildman–Crippen MR) is 108 cm³/mol. The summed E-state index contributed by atoms with van der Waals surface area (Å²) in [5.74, 6) is 0.526. The van der Waals surface area contributed by atoms with Gasteiger partial charge in [0.1, 0.15) is 0 Å². The zero-order chi connectivity index (χ0) is 19.2. The molecule has 2 rings (SSSR count). The van der Waals surface area contributed by atoms with Crippen molar-refractivity contribution in [1.82, 2.24) is 10.6 Å². The monoisotopic (exact) mass is 361 g/mol. The minimum absolute atomic E-state index is 0.00244. The van der Waals surface area contributed by atoms with Crippen LogP contribution in [-0.4, -0.2) is 45.3 Å². The molecular weight excluding hydrogens is 326 g/mol. The molecule has 1 amide bonds. The van der Waals surface area contributed by atoms with Gasteiger partial charge in [-0.15, -0.1) is 0 Å². The molecule has 1 fully saturated rings. The molecule has 5 nitrogen and oxygen atoms in total. The lowest BCUT2D eigenvalue weighted by atomic mass is 9.79. The summed E-state index contributed by atoms with van der Waals surface area (Å²) >= 11 is 0. The fourth-order valence-electron chi connectivity index (χ4n) is 3.45. The first-order valence-electron chi connectivity index (χ1n) is 9.72. The first-order chi connectivity index (χ1) is 12.4. The van der Waals surface area contributed by atoms with Gasteiger partial charge in [-0.3, -0.25) is 4.79 Å². The van der Waals surface area contributed by atoms with E-state index in [2.05, 4.69) is 36.7 Å². The maximum Gasteiger partial charge on any atom is 0.251 e. The van der Waals surface area contributed by atoms with E-state index in [1.165, 1.54) is 0 Å². The molecule has 146 valence electrons. The summed E-state index contributed by atoms with van der Waals surface area (Å²) in [7, 11) is 1.74. The van der Waals surface area contributed by atoms with Crippen molar-refractivity contribution in [2.75, 3.05) is 38.7 Å². The van der Waals surface area contributed by atoms with Gasteiger partial charge < -0.3 is 20.7 Å². The van der Waals surface area contributed by atoms with Crippen LogP contribution >= 0.6 is 0 Å². The number of anilines is 1. The molecule has 1 aromatic carbocycles. The molecule has 0 saturated carbocycles. The molecular formula is C21H35N3O2. The number of ether oxygens (including phenoxy) is 1. The lowest BCUT2D eigenvalue weighted by Gasteiger charge is -2.37. The zero-order valence-corrected chi connectivity index (χ0v) is 16.9. The predicted octanol–water partition coefficient (Wildman–Crippen LogP) is 3.20. The number of carbonyl (C=O) groups is 1. The largest absolute Gasteiger partial charge is 0.384 e. The Morgan fingerprint density at radius 3 is 2.58 bits per heavy atom. The highest BCUT2D eigenvalue weighted by Crippen LogP contribution is 2.28. The third-order valence-corrected chi connectivity index (χ3v) is 5.70. The second-order valence-electron chi connectivity index (χ2n) is 8.02. The number of benzene rings is 1. The highest BCUT2D eigenvalue weighted by atomic mass is 16.5. The van der Waals surface area contributed by atoms with E-state index in [9.17, 15) is 4.79 Å². The van der Waals surface area contributed by atoms with Crippen molar-refractivity contribution in [1.29, 1.82) is 0 Å². The molecule has 0 radical (unpaired) electrons. The zero-order valence-electron chi connectivity index (χ0n) is 16.9. The van der Waals surface area contributed by atoms with E-state index < -0.39 is 0 Å². The van der Waals surface area contributed by atoms with E-state index >= 15 is 0 Å². The van der Waals surface area contributed by atoms with Crippen molar-refractivity contribution in [3.63, 3.8) is 0 Å². The van der Waals surface area contributed by atoms with Gasteiger partial charge in [0.2, 0.25) is 0 Å². The Hall–Kier alpha value is -1.59. The van der Waals surface area contributed by atoms with Crippen LogP contribution in [0.4, 0.5) is 5.69 Å². The van der Waals surface area contributed by atoms with Crippen LogP contribution in [-0.2, 0) is 4.74 Å². The molecule has 0 aromatic heterocycles. The van der Waals surface area contributed by atoms with Gasteiger partial charge in [0.15, 0.2) is 0 Å². The standard InChI is InChI=1S/C21H35N3O2/c1-15(2)17(4)24-19-8-6-7-18(16(19)3)20(25)23-13-21(14-26-5)9-11-22-12-10-21/h6-8,15,17,22,24H,9-14H2,1-5H3,(H,23,25). The summed E-state index contributed by atoms with van der Waals surface area (Å²) in [6.07, 6.45) is 2.04. The Morgan fingerprint density at radius 1 is 1.27 bits per heavy atom. The third-order valence-electron chi connectivity index (χ3n) is 5.70. The van der Waals surface area contributed by atoms with Crippen LogP contribution in [0.15, 0.2) is 18.2 Å². The maximum atomic E-state index is 12.8. The number of hydrogen-bond acceptors (Lipinski definition) is 4. The van der Waals surface area contributed by atoms with Crippen molar-refractivity contribution < 1.29 is 9.53 Å². The van der Waals surface area contributed by atoms with Crippen LogP contribution in [0.3, 0.4) is 0 Å². The van der Waals surface area contributed by atoms with Gasteiger partial charge in [-0.2, -0.15) is 0 Å². The quantitative estimate of drug-likeness (QED) is 0.665. The number of carbonyl (C=O) groups excluding carboxylic acids is 1. The number of methoxy groups -OCH3 is 1. The Labute approximate surface area is 158 Å². The molecule has 1 saturated heterocycles. The number of hydrogen-bond donors (Lipinski definition) is 3. The van der Waals surface area contributed by atoms with Crippen LogP contribution in [0.25, 0.3) is 0 Å². The highest BCUT2D eigenvalue weighted by Gasteiger charge is 2.32. The van der Waals surface area contributed by atoms with Crippen LogP contribution < -0.4 is 16.0 Å². The molecule has 1 atom stereocenters. The van der Waals surface area contributed by atoms with E-state index in [1.807, 2.05) is 25.1 Å². The topological polar surface area (TPSA) is 62.4 Å². The minimum atomic E-state index is -0.00244. The normalized spacial score (nSPS) is 17.8. The summed E-state index contributed by atoms with van der Waals surface area (Å²) in [6, 6.07) is 6.25. The molecule has 1 aliphatic heterocycles. The van der Waals surface area contributed by atoms with E-state index in [0.29, 0.717) is 25.1 Å². The van der Waals surface area contributed by atoms with E-state index in [-0.39, 0.29) is 11.3 Å². The third kappa shape index (κ3) is 5.21. The maximum absolute atomic E-state index is 12.8. The lowest BCUT2D eigenvalue weighted by Crippen LogP contribution is -2.47. The first kappa shape index (κ1) is 20.7. The summed E-state index contributed by atoms with van der Waals surface area (Å²) in [4.78, 5) is 12.8. The molecule has 0 aliphatic carbocycles. The summed E-state index contributed by atoms with van der Waals surface area (Å²) in [5.41, 5.74) is 2.81. The van der Waals surface area contributed by atoms with Gasteiger partial charge >= 0.3 is 0 Å². The SMILES string of the molecule is COCC1(CNC(=O)c2cccc(NC(C)C(C)C)c2C)CCNCC1. The smallest absolute Gasteiger partial charge is 0.251 e. The number of nitrogens with one attached hydrogen (secondary N) is 3. The molecule has 3 N–H and O–H groups in total. The fraction of sp³-hybridized carbons (Fsp3) is 0.667. The molecule has 1 unspecified atom stereocenters. The average molecular weight is 362 g/mol. The van der Waals surface area contributed by atoms with Gasteiger partial charge in [0.25, 0.3) is 5.91 Å². The van der Waals surface area contributed by atoms with Gasteiger partial charge in [-0.05, 0) is 63.4 Å². The lowest BCUT2D eigenvalue weighted by molar-refractivity contribution is 0.0511. The van der Waals surface area contributed by atoms with E-state index in [4.69, 9.17) is 4.74 Å². The minimum Gasteiger partial charge on any atom is -0.384 e. The Bertz CT molecular complexity index is 589. The van der Waals surface area contributed by atoms with Gasteiger partial charge in [-0.1, -0.05) is 19.9 Å². The Balaban J connectivity index is 2.07. The molecule has 26 heavy (non-hydrogen) atoms. The molecule has 0 bridgehead atoms. The second kappa shape index (κ2) is 9.38. The van der Waals surface area contributed by atoms with Crippen LogP contribution in [0.5, 0.6) is 0 Å². The number of rotatable bonds is 8. The van der Waals surface area contributed by atoms with E-state index in [1.54, 1.807) is 7.11 Å². The molecule has 1 heterocycles. The highest BCUT2D eigenvalue weighted by molar-refractivity contribution is 5.97. The first-order valence-corrected chi connectivity index (χ1v) is 9.72. The van der Waals surface area contributed by atoms with Crippen molar-refractivity contribution in [2.45, 2.75) is 46.6 Å². The van der Waals surface area contributed by atoms with Gasteiger partial charge in [0.05, 0.1) is 6.61 Å². The second-order valence-corrected chi connectivity index (χ2v) is 8.02. The van der Waals surface area contributed by atoms with Crippen LogP contribution in [0.2, 0.25) is 0 Å². The number of piperidine rings is 1. The van der Waals surface area contributed by atoms with Crippen LogP contribution in [0.1, 0.15) is 49.5 Å². The Morgan fingerprint density at radius 2 is 1.96 bits per heavy atom. The van der Waals surface area contributed by atoms with Crippen molar-refractivity contribution >= 4 is 11.6 Å².